The standard InChI is InChI=1S/C16H22N4.2CHF3O3S.Fe/c1-19(13-15-7-3-5-9-17-15)11-12-20(2)14-16-8-4-6-10-18-16;2*2-1(3,4)8(5,6)7;/h3-10H,11-14H2,1-2H3;2*(H,5,6,7);. The van der Waals surface area contributed by atoms with Gasteiger partial charge in [0.2, 0.25) is 0 Å². The first-order chi connectivity index (χ1) is 16.2. The number of halogens is 6. The zero-order valence-corrected chi connectivity index (χ0v) is 21.9. The normalized spacial score (nSPS) is 12.1. The Balaban J connectivity index is 0. The fourth-order valence-corrected chi connectivity index (χ4v) is 2.04. The molecule has 2 heterocycles. The predicted molar refractivity (Wildman–Crippen MR) is 116 cm³/mol. The van der Waals surface area contributed by atoms with Crippen LogP contribution in [0.25, 0.3) is 0 Å². The van der Waals surface area contributed by atoms with Crippen LogP contribution in [-0.4, -0.2) is 83.9 Å². The van der Waals surface area contributed by atoms with Crippen LogP contribution in [0.15, 0.2) is 48.8 Å². The maximum atomic E-state index is 10.7. The molecule has 37 heavy (non-hydrogen) atoms. The van der Waals surface area contributed by atoms with E-state index in [9.17, 15) is 26.3 Å². The minimum Gasteiger partial charge on any atom is -0.299 e. The summed E-state index contributed by atoms with van der Waals surface area (Å²) in [7, 11) is -7.42. The van der Waals surface area contributed by atoms with Crippen LogP contribution < -0.4 is 0 Å². The second kappa shape index (κ2) is 16.2. The van der Waals surface area contributed by atoms with Crippen molar-refractivity contribution in [3.8, 4) is 0 Å². The summed E-state index contributed by atoms with van der Waals surface area (Å²) in [6.45, 7) is 3.80. The van der Waals surface area contributed by atoms with Crippen LogP contribution in [0.1, 0.15) is 11.4 Å². The maximum absolute atomic E-state index is 10.7. The summed E-state index contributed by atoms with van der Waals surface area (Å²) >= 11 is 0. The van der Waals surface area contributed by atoms with Crippen LogP contribution >= 0.6 is 0 Å². The summed E-state index contributed by atoms with van der Waals surface area (Å²) in [6, 6.07) is 12.1. The minimum absolute atomic E-state index is 0. The topological polar surface area (TPSA) is 141 Å². The summed E-state index contributed by atoms with van der Waals surface area (Å²) < 4.78 is 115. The van der Waals surface area contributed by atoms with Crippen molar-refractivity contribution < 1.29 is 69.4 Å². The molecule has 0 aliphatic carbocycles. The minimum atomic E-state index is -5.84. The van der Waals surface area contributed by atoms with E-state index in [0.717, 1.165) is 37.6 Å². The first-order valence-corrected chi connectivity index (χ1v) is 12.4. The number of aromatic nitrogens is 2. The SMILES string of the molecule is CN(CCN(C)Cc1ccccn1)Cc1ccccn1.O=S(=O)(O)C(F)(F)F.O=S(=O)(O)C(F)(F)F.[Fe]. The van der Waals surface area contributed by atoms with Gasteiger partial charge in [0.25, 0.3) is 0 Å². The molecule has 2 N–H and O–H groups in total. The Morgan fingerprint density at radius 1 is 0.703 bits per heavy atom. The van der Waals surface area contributed by atoms with E-state index in [2.05, 4.69) is 46.0 Å². The number of likely N-dealkylation sites (N-methyl/N-ethyl adjacent to an activating group) is 2. The average Bonchev–Trinajstić information content (AvgIpc) is 2.72. The van der Waals surface area contributed by atoms with E-state index in [1.165, 1.54) is 0 Å². The fraction of sp³-hybridized carbons (Fsp3) is 0.444. The van der Waals surface area contributed by atoms with Gasteiger partial charge in [-0.05, 0) is 38.4 Å². The van der Waals surface area contributed by atoms with Gasteiger partial charge < -0.3 is 0 Å². The molecule has 0 saturated heterocycles. The Morgan fingerprint density at radius 3 is 1.16 bits per heavy atom. The molecule has 2 rings (SSSR count). The van der Waals surface area contributed by atoms with Crippen LogP contribution in [0.4, 0.5) is 26.3 Å². The third-order valence-corrected chi connectivity index (χ3v) is 4.93. The van der Waals surface area contributed by atoms with Crippen LogP contribution in [-0.2, 0) is 50.4 Å². The van der Waals surface area contributed by atoms with Gasteiger partial charge in [0.15, 0.2) is 0 Å². The fourth-order valence-electron chi connectivity index (χ4n) is 2.04. The first kappa shape index (κ1) is 37.3. The quantitative estimate of drug-likeness (QED) is 0.204. The van der Waals surface area contributed by atoms with Crippen molar-refractivity contribution in [1.82, 2.24) is 19.8 Å². The molecule has 2 aromatic rings. The molecule has 214 valence electrons. The van der Waals surface area contributed by atoms with Crippen LogP contribution in [0.2, 0.25) is 0 Å². The zero-order chi connectivity index (χ0) is 28.2. The molecule has 0 aliphatic heterocycles. The van der Waals surface area contributed by atoms with E-state index in [4.69, 9.17) is 25.9 Å². The summed E-state index contributed by atoms with van der Waals surface area (Å²) in [5.74, 6) is 0. The van der Waals surface area contributed by atoms with Crippen molar-refractivity contribution in [3.05, 3.63) is 60.2 Å². The molecular weight excluding hydrogens is 602 g/mol. The molecule has 0 saturated carbocycles. The van der Waals surface area contributed by atoms with Crippen molar-refractivity contribution in [3.63, 3.8) is 0 Å². The van der Waals surface area contributed by atoms with E-state index < -0.39 is 31.3 Å². The van der Waals surface area contributed by atoms with E-state index >= 15 is 0 Å². The summed E-state index contributed by atoms with van der Waals surface area (Å²) in [4.78, 5) is 13.3. The van der Waals surface area contributed by atoms with Crippen LogP contribution in [0.3, 0.4) is 0 Å². The Kier molecular flexibility index (Phi) is 16.3. The Bertz CT molecular complexity index is 1020. The molecule has 0 unspecified atom stereocenters. The van der Waals surface area contributed by atoms with Crippen molar-refractivity contribution >= 4 is 20.2 Å². The number of hydrogen-bond acceptors (Lipinski definition) is 8. The van der Waals surface area contributed by atoms with Gasteiger partial charge >= 0.3 is 31.3 Å². The van der Waals surface area contributed by atoms with Crippen molar-refractivity contribution in [2.24, 2.45) is 0 Å². The van der Waals surface area contributed by atoms with Crippen molar-refractivity contribution in [2.75, 3.05) is 27.2 Å². The molecule has 0 atom stereocenters. The van der Waals surface area contributed by atoms with Gasteiger partial charge in [-0.2, -0.15) is 43.2 Å². The molecule has 19 heteroatoms. The molecule has 0 aliphatic rings. The Morgan fingerprint density at radius 2 is 0.973 bits per heavy atom. The van der Waals surface area contributed by atoms with E-state index in [1.54, 1.807) is 0 Å². The molecule has 0 bridgehead atoms. The van der Waals surface area contributed by atoms with Gasteiger partial charge in [-0.15, -0.1) is 0 Å². The van der Waals surface area contributed by atoms with Gasteiger partial charge in [-0.25, -0.2) is 0 Å². The molecule has 0 amide bonds. The Labute approximate surface area is 220 Å². The van der Waals surface area contributed by atoms with E-state index in [0.29, 0.717) is 0 Å². The third kappa shape index (κ3) is 17.3. The molecule has 0 aromatic carbocycles. The number of alkyl halides is 6. The molecule has 2 aromatic heterocycles. The molecular formula is C18H24F6FeN4O6S2. The number of nitrogens with zero attached hydrogens (tertiary/aromatic N) is 4. The number of rotatable bonds is 7. The third-order valence-electron chi connectivity index (χ3n) is 3.76. The van der Waals surface area contributed by atoms with Crippen molar-refractivity contribution in [1.29, 1.82) is 0 Å². The summed E-state index contributed by atoms with van der Waals surface area (Å²) in [6.07, 6.45) is 3.69. The number of pyridine rings is 2. The smallest absolute Gasteiger partial charge is 0.299 e. The first-order valence-electron chi connectivity index (χ1n) is 9.48. The van der Waals surface area contributed by atoms with Crippen LogP contribution in [0, 0.1) is 0 Å². The van der Waals surface area contributed by atoms with Gasteiger partial charge in [-0.3, -0.25) is 28.9 Å². The number of hydrogen-bond donors (Lipinski definition) is 2. The molecule has 0 radical (unpaired) electrons. The largest absolute Gasteiger partial charge is 0.522 e. The monoisotopic (exact) mass is 626 g/mol. The second-order valence-corrected chi connectivity index (χ2v) is 9.79. The molecule has 10 nitrogen and oxygen atoms in total. The average molecular weight is 626 g/mol. The molecule has 0 spiro atoms. The van der Waals surface area contributed by atoms with Crippen molar-refractivity contribution in [2.45, 2.75) is 24.1 Å². The zero-order valence-electron chi connectivity index (χ0n) is 19.2. The predicted octanol–water partition coefficient (Wildman–Crippen LogP) is 2.83. The Hall–Kier alpha value is -1.86. The molecule has 0 fully saturated rings. The van der Waals surface area contributed by atoms with Gasteiger partial charge in [0, 0.05) is 55.6 Å². The van der Waals surface area contributed by atoms with E-state index in [1.807, 2.05) is 36.7 Å². The second-order valence-electron chi connectivity index (χ2n) is 6.96. The van der Waals surface area contributed by atoms with Crippen LogP contribution in [0.5, 0.6) is 0 Å². The maximum Gasteiger partial charge on any atom is 0.522 e. The van der Waals surface area contributed by atoms with Gasteiger partial charge in [0.05, 0.1) is 11.4 Å². The van der Waals surface area contributed by atoms with E-state index in [-0.39, 0.29) is 17.1 Å². The summed E-state index contributed by atoms with van der Waals surface area (Å²) in [5.41, 5.74) is -8.84. The van der Waals surface area contributed by atoms with Gasteiger partial charge in [0.1, 0.15) is 0 Å². The van der Waals surface area contributed by atoms with Gasteiger partial charge in [-0.1, -0.05) is 12.1 Å². The summed E-state index contributed by atoms with van der Waals surface area (Å²) in [5, 5.41) is 0.